The summed E-state index contributed by atoms with van der Waals surface area (Å²) in [6, 6.07) is 11.7. The van der Waals surface area contributed by atoms with Crippen molar-refractivity contribution in [1.82, 2.24) is 0 Å². The topological polar surface area (TPSA) is 64.6 Å². The van der Waals surface area contributed by atoms with Crippen LogP contribution in [0.2, 0.25) is 0 Å². The van der Waals surface area contributed by atoms with E-state index in [-0.39, 0.29) is 5.78 Å². The molecule has 0 aliphatic carbocycles. The Morgan fingerprint density at radius 3 is 2.38 bits per heavy atom. The molecule has 5 nitrogen and oxygen atoms in total. The summed E-state index contributed by atoms with van der Waals surface area (Å²) < 4.78 is 10.3. The van der Waals surface area contributed by atoms with Crippen LogP contribution in [0.3, 0.4) is 0 Å². The number of carbonyl (C=O) groups excluding carboxylic acids is 2. The molecule has 1 amide bonds. The Balaban J connectivity index is 2.35. The van der Waals surface area contributed by atoms with Crippen molar-refractivity contribution in [1.29, 1.82) is 0 Å². The standard InChI is InChI=1S/C16H15NO4/c1-20-14-7-6-12(9-15(14)21-2)16(19)11-4-3-5-13(8-11)17-10-18/h3-10H,1-2H3,(H,17,18). The van der Waals surface area contributed by atoms with Crippen LogP contribution in [0.25, 0.3) is 0 Å². The van der Waals surface area contributed by atoms with Crippen molar-refractivity contribution < 1.29 is 19.1 Å². The van der Waals surface area contributed by atoms with Crippen LogP contribution in [-0.4, -0.2) is 26.4 Å². The van der Waals surface area contributed by atoms with Gasteiger partial charge in [0.15, 0.2) is 17.3 Å². The van der Waals surface area contributed by atoms with E-state index in [0.29, 0.717) is 34.7 Å². The summed E-state index contributed by atoms with van der Waals surface area (Å²) in [6.07, 6.45) is 0.569. The monoisotopic (exact) mass is 285 g/mol. The maximum atomic E-state index is 12.5. The number of methoxy groups -OCH3 is 2. The molecule has 0 atom stereocenters. The minimum Gasteiger partial charge on any atom is -0.493 e. The van der Waals surface area contributed by atoms with Gasteiger partial charge in [0.2, 0.25) is 6.41 Å². The first-order valence-corrected chi connectivity index (χ1v) is 6.26. The van der Waals surface area contributed by atoms with Crippen molar-refractivity contribution in [2.75, 3.05) is 19.5 Å². The summed E-state index contributed by atoms with van der Waals surface area (Å²) in [4.78, 5) is 22.9. The second kappa shape index (κ2) is 6.56. The number of hydrogen-bond donors (Lipinski definition) is 1. The molecular weight excluding hydrogens is 270 g/mol. The van der Waals surface area contributed by atoms with E-state index >= 15 is 0 Å². The molecule has 0 unspecified atom stereocenters. The number of amides is 1. The Kier molecular flexibility index (Phi) is 4.56. The zero-order valence-corrected chi connectivity index (χ0v) is 11.8. The molecular formula is C16H15NO4. The van der Waals surface area contributed by atoms with Gasteiger partial charge in [0.1, 0.15) is 0 Å². The van der Waals surface area contributed by atoms with E-state index in [0.717, 1.165) is 0 Å². The molecule has 0 fully saturated rings. The lowest BCUT2D eigenvalue weighted by atomic mass is 10.0. The fraction of sp³-hybridized carbons (Fsp3) is 0.125. The van der Waals surface area contributed by atoms with Gasteiger partial charge in [-0.2, -0.15) is 0 Å². The summed E-state index contributed by atoms with van der Waals surface area (Å²) in [5.41, 5.74) is 1.53. The van der Waals surface area contributed by atoms with Crippen molar-refractivity contribution in [2.24, 2.45) is 0 Å². The molecule has 0 saturated heterocycles. The molecule has 0 aliphatic heterocycles. The lowest BCUT2D eigenvalue weighted by Crippen LogP contribution is -2.03. The van der Waals surface area contributed by atoms with Crippen molar-refractivity contribution in [3.63, 3.8) is 0 Å². The summed E-state index contributed by atoms with van der Waals surface area (Å²) in [5, 5.41) is 2.52. The predicted molar refractivity (Wildman–Crippen MR) is 79.1 cm³/mol. The number of ether oxygens (including phenoxy) is 2. The SMILES string of the molecule is COc1ccc(C(=O)c2cccc(NC=O)c2)cc1OC. The van der Waals surface area contributed by atoms with Crippen LogP contribution in [0.4, 0.5) is 5.69 Å². The zero-order valence-electron chi connectivity index (χ0n) is 11.8. The third-order valence-corrected chi connectivity index (χ3v) is 3.00. The van der Waals surface area contributed by atoms with E-state index in [2.05, 4.69) is 5.32 Å². The molecule has 2 rings (SSSR count). The molecule has 0 aromatic heterocycles. The van der Waals surface area contributed by atoms with Gasteiger partial charge >= 0.3 is 0 Å². The number of benzene rings is 2. The van der Waals surface area contributed by atoms with Crippen molar-refractivity contribution in [3.8, 4) is 11.5 Å². The third-order valence-electron chi connectivity index (χ3n) is 3.00. The molecule has 0 heterocycles. The summed E-state index contributed by atoms with van der Waals surface area (Å²) in [5.74, 6) is 0.890. The van der Waals surface area contributed by atoms with Crippen LogP contribution in [-0.2, 0) is 4.79 Å². The van der Waals surface area contributed by atoms with Crippen LogP contribution >= 0.6 is 0 Å². The largest absolute Gasteiger partial charge is 0.493 e. The maximum Gasteiger partial charge on any atom is 0.211 e. The molecule has 0 bridgehead atoms. The van der Waals surface area contributed by atoms with E-state index in [9.17, 15) is 9.59 Å². The first-order valence-electron chi connectivity index (χ1n) is 6.26. The van der Waals surface area contributed by atoms with Crippen molar-refractivity contribution in [2.45, 2.75) is 0 Å². The smallest absolute Gasteiger partial charge is 0.211 e. The van der Waals surface area contributed by atoms with Gasteiger partial charge < -0.3 is 14.8 Å². The minimum absolute atomic E-state index is 0.162. The zero-order chi connectivity index (χ0) is 15.2. The Labute approximate surface area is 122 Å². The summed E-state index contributed by atoms with van der Waals surface area (Å²) in [6.45, 7) is 0. The van der Waals surface area contributed by atoms with Crippen LogP contribution < -0.4 is 14.8 Å². The maximum absolute atomic E-state index is 12.5. The molecule has 0 radical (unpaired) electrons. The number of rotatable bonds is 6. The second-order valence-corrected chi connectivity index (χ2v) is 4.24. The molecule has 1 N–H and O–H groups in total. The lowest BCUT2D eigenvalue weighted by molar-refractivity contribution is -0.105. The molecule has 108 valence electrons. The molecule has 0 aliphatic rings. The fourth-order valence-electron chi connectivity index (χ4n) is 1.96. The highest BCUT2D eigenvalue weighted by molar-refractivity contribution is 6.09. The van der Waals surface area contributed by atoms with Gasteiger partial charge in [-0.1, -0.05) is 12.1 Å². The van der Waals surface area contributed by atoms with Gasteiger partial charge in [0, 0.05) is 16.8 Å². The Morgan fingerprint density at radius 2 is 1.71 bits per heavy atom. The highest BCUT2D eigenvalue weighted by Gasteiger charge is 2.13. The van der Waals surface area contributed by atoms with E-state index in [1.54, 1.807) is 42.5 Å². The third kappa shape index (κ3) is 3.20. The van der Waals surface area contributed by atoms with E-state index in [1.165, 1.54) is 14.2 Å². The van der Waals surface area contributed by atoms with Crippen molar-refractivity contribution in [3.05, 3.63) is 53.6 Å². The Bertz CT molecular complexity index is 667. The number of carbonyl (C=O) groups is 2. The first-order chi connectivity index (χ1) is 10.2. The highest BCUT2D eigenvalue weighted by Crippen LogP contribution is 2.28. The van der Waals surface area contributed by atoms with Crippen LogP contribution in [0.5, 0.6) is 11.5 Å². The number of hydrogen-bond acceptors (Lipinski definition) is 4. The number of anilines is 1. The van der Waals surface area contributed by atoms with E-state index < -0.39 is 0 Å². The second-order valence-electron chi connectivity index (χ2n) is 4.24. The van der Waals surface area contributed by atoms with Crippen LogP contribution in [0.15, 0.2) is 42.5 Å². The Morgan fingerprint density at radius 1 is 1.00 bits per heavy atom. The quantitative estimate of drug-likeness (QED) is 0.654. The fourth-order valence-corrected chi connectivity index (χ4v) is 1.96. The average molecular weight is 285 g/mol. The minimum atomic E-state index is -0.162. The molecule has 5 heteroatoms. The summed E-state index contributed by atoms with van der Waals surface area (Å²) >= 11 is 0. The summed E-state index contributed by atoms with van der Waals surface area (Å²) in [7, 11) is 3.05. The first kappa shape index (κ1) is 14.6. The molecule has 2 aromatic rings. The molecule has 21 heavy (non-hydrogen) atoms. The van der Waals surface area contributed by atoms with Gasteiger partial charge in [0.25, 0.3) is 0 Å². The van der Waals surface area contributed by atoms with Crippen molar-refractivity contribution >= 4 is 17.9 Å². The van der Waals surface area contributed by atoms with Gasteiger partial charge in [-0.25, -0.2) is 0 Å². The van der Waals surface area contributed by atoms with Gasteiger partial charge in [-0.15, -0.1) is 0 Å². The van der Waals surface area contributed by atoms with E-state index in [1.807, 2.05) is 0 Å². The number of ketones is 1. The van der Waals surface area contributed by atoms with Gasteiger partial charge in [-0.3, -0.25) is 9.59 Å². The van der Waals surface area contributed by atoms with Gasteiger partial charge in [0.05, 0.1) is 14.2 Å². The molecule has 2 aromatic carbocycles. The normalized spacial score (nSPS) is 9.81. The van der Waals surface area contributed by atoms with Crippen LogP contribution in [0, 0.1) is 0 Å². The Hall–Kier alpha value is -2.82. The molecule has 0 saturated carbocycles. The van der Waals surface area contributed by atoms with E-state index in [4.69, 9.17) is 9.47 Å². The van der Waals surface area contributed by atoms with Crippen LogP contribution in [0.1, 0.15) is 15.9 Å². The average Bonchev–Trinajstić information content (AvgIpc) is 2.54. The lowest BCUT2D eigenvalue weighted by Gasteiger charge is -2.09. The highest BCUT2D eigenvalue weighted by atomic mass is 16.5. The number of nitrogens with one attached hydrogen (secondary N) is 1. The van der Waals surface area contributed by atoms with Gasteiger partial charge in [-0.05, 0) is 30.3 Å². The molecule has 0 spiro atoms. The predicted octanol–water partition coefficient (Wildman–Crippen LogP) is 2.50.